The molecule has 0 radical (unpaired) electrons. The summed E-state index contributed by atoms with van der Waals surface area (Å²) in [5, 5.41) is 2.75. The maximum Gasteiger partial charge on any atom is 0.239 e. The van der Waals surface area contributed by atoms with Gasteiger partial charge in [0.15, 0.2) is 0 Å². The van der Waals surface area contributed by atoms with Crippen LogP contribution in [0.3, 0.4) is 0 Å². The van der Waals surface area contributed by atoms with E-state index in [0.29, 0.717) is 13.1 Å². The molecule has 0 aliphatic rings. The molecule has 1 N–H and O–H groups in total. The van der Waals surface area contributed by atoms with E-state index in [1.54, 1.807) is 12.1 Å². The first-order valence-corrected chi connectivity index (χ1v) is 7.82. The zero-order chi connectivity index (χ0) is 17.4. The fourth-order valence-electron chi connectivity index (χ4n) is 1.90. The summed E-state index contributed by atoms with van der Waals surface area (Å²) >= 11 is 0. The number of amides is 2. The summed E-state index contributed by atoms with van der Waals surface area (Å²) in [6.07, 6.45) is 0. The minimum Gasteiger partial charge on any atom is -0.350 e. The summed E-state index contributed by atoms with van der Waals surface area (Å²) in [6, 6.07) is 6.22. The maximum absolute atomic E-state index is 12.8. The molecule has 0 bridgehead atoms. The molecule has 1 aromatic rings. The number of benzene rings is 1. The Labute approximate surface area is 137 Å². The predicted molar refractivity (Wildman–Crippen MR) is 88.3 cm³/mol. The van der Waals surface area contributed by atoms with Gasteiger partial charge in [0.05, 0.1) is 13.1 Å². The lowest BCUT2D eigenvalue weighted by atomic mass is 10.2. The van der Waals surface area contributed by atoms with Crippen molar-refractivity contribution in [1.82, 2.24) is 15.1 Å². The van der Waals surface area contributed by atoms with Crippen LogP contribution in [0.4, 0.5) is 4.39 Å². The monoisotopic (exact) mass is 323 g/mol. The van der Waals surface area contributed by atoms with Crippen LogP contribution in [-0.4, -0.2) is 54.3 Å². The molecule has 5 nitrogen and oxygen atoms in total. The van der Waals surface area contributed by atoms with Crippen molar-refractivity contribution in [3.8, 4) is 0 Å². The molecule has 0 aliphatic heterocycles. The molecule has 0 fully saturated rings. The van der Waals surface area contributed by atoms with Gasteiger partial charge in [-0.2, -0.15) is 0 Å². The second-order valence-electron chi connectivity index (χ2n) is 5.82. The van der Waals surface area contributed by atoms with Crippen LogP contribution in [0, 0.1) is 5.82 Å². The van der Waals surface area contributed by atoms with Crippen molar-refractivity contribution in [3.05, 3.63) is 35.6 Å². The minimum absolute atomic E-state index is 0.0302. The standard InChI is InChI=1S/C17H26FN3O2/c1-5-21(17(23)12-20(4)13(2)3)11-16(22)19-10-14-6-8-15(18)9-7-14/h6-9,13H,5,10-12H2,1-4H3,(H,19,22). The molecule has 1 rings (SSSR count). The van der Waals surface area contributed by atoms with Crippen LogP contribution in [0.5, 0.6) is 0 Å². The molecular weight excluding hydrogens is 297 g/mol. The molecule has 128 valence electrons. The Balaban J connectivity index is 2.46. The van der Waals surface area contributed by atoms with Gasteiger partial charge in [-0.05, 0) is 45.5 Å². The number of halogens is 1. The summed E-state index contributed by atoms with van der Waals surface area (Å²) in [5.74, 6) is -0.602. The Morgan fingerprint density at radius 3 is 2.30 bits per heavy atom. The largest absolute Gasteiger partial charge is 0.350 e. The highest BCUT2D eigenvalue weighted by Gasteiger charge is 2.18. The quantitative estimate of drug-likeness (QED) is 0.791. The molecule has 0 saturated heterocycles. The fourth-order valence-corrected chi connectivity index (χ4v) is 1.90. The Morgan fingerprint density at radius 2 is 1.78 bits per heavy atom. The van der Waals surface area contributed by atoms with Gasteiger partial charge in [0.1, 0.15) is 5.82 Å². The molecule has 0 heterocycles. The second kappa shape index (κ2) is 9.25. The number of carbonyl (C=O) groups is 2. The Morgan fingerprint density at radius 1 is 1.17 bits per heavy atom. The number of likely N-dealkylation sites (N-methyl/N-ethyl adjacent to an activating group) is 2. The van der Waals surface area contributed by atoms with Gasteiger partial charge in [-0.25, -0.2) is 4.39 Å². The van der Waals surface area contributed by atoms with E-state index in [1.165, 1.54) is 17.0 Å². The third-order valence-corrected chi connectivity index (χ3v) is 3.74. The number of hydrogen-bond donors (Lipinski definition) is 1. The first kappa shape index (κ1) is 19.1. The minimum atomic E-state index is -0.308. The van der Waals surface area contributed by atoms with Crippen LogP contribution < -0.4 is 5.32 Å². The van der Waals surface area contributed by atoms with Crippen LogP contribution in [0.2, 0.25) is 0 Å². The smallest absolute Gasteiger partial charge is 0.239 e. The molecule has 0 saturated carbocycles. The van der Waals surface area contributed by atoms with E-state index >= 15 is 0 Å². The highest BCUT2D eigenvalue weighted by atomic mass is 19.1. The predicted octanol–water partition coefficient (Wildman–Crippen LogP) is 1.63. The van der Waals surface area contributed by atoms with Gasteiger partial charge in [0, 0.05) is 19.1 Å². The van der Waals surface area contributed by atoms with Crippen LogP contribution in [0.1, 0.15) is 26.3 Å². The van der Waals surface area contributed by atoms with E-state index < -0.39 is 0 Å². The number of carbonyl (C=O) groups excluding carboxylic acids is 2. The number of nitrogens with zero attached hydrogens (tertiary/aromatic N) is 2. The molecule has 2 amide bonds. The van der Waals surface area contributed by atoms with Crippen molar-refractivity contribution in [1.29, 1.82) is 0 Å². The SMILES string of the molecule is CCN(CC(=O)NCc1ccc(F)cc1)C(=O)CN(C)C(C)C. The zero-order valence-corrected chi connectivity index (χ0v) is 14.3. The molecule has 0 unspecified atom stereocenters. The second-order valence-corrected chi connectivity index (χ2v) is 5.82. The lowest BCUT2D eigenvalue weighted by molar-refractivity contribution is -0.136. The maximum atomic E-state index is 12.8. The van der Waals surface area contributed by atoms with Gasteiger partial charge in [-0.15, -0.1) is 0 Å². The van der Waals surface area contributed by atoms with E-state index in [-0.39, 0.29) is 36.8 Å². The van der Waals surface area contributed by atoms with Crippen molar-refractivity contribution in [3.63, 3.8) is 0 Å². The fraction of sp³-hybridized carbons (Fsp3) is 0.529. The molecule has 1 aromatic carbocycles. The topological polar surface area (TPSA) is 52.7 Å². The Bertz CT molecular complexity index is 517. The van der Waals surface area contributed by atoms with E-state index in [2.05, 4.69) is 5.32 Å². The molecule has 0 atom stereocenters. The van der Waals surface area contributed by atoms with Gasteiger partial charge < -0.3 is 10.2 Å². The lowest BCUT2D eigenvalue weighted by Crippen LogP contribution is -2.45. The molecular formula is C17H26FN3O2. The van der Waals surface area contributed by atoms with E-state index in [0.717, 1.165) is 5.56 Å². The van der Waals surface area contributed by atoms with Gasteiger partial charge >= 0.3 is 0 Å². The third-order valence-electron chi connectivity index (χ3n) is 3.74. The molecule has 0 aromatic heterocycles. The van der Waals surface area contributed by atoms with E-state index in [9.17, 15) is 14.0 Å². The van der Waals surface area contributed by atoms with Gasteiger partial charge in [0.25, 0.3) is 0 Å². The first-order chi connectivity index (χ1) is 10.8. The van der Waals surface area contributed by atoms with Crippen molar-refractivity contribution >= 4 is 11.8 Å². The molecule has 23 heavy (non-hydrogen) atoms. The van der Waals surface area contributed by atoms with E-state index in [4.69, 9.17) is 0 Å². The van der Waals surface area contributed by atoms with Crippen LogP contribution >= 0.6 is 0 Å². The highest BCUT2D eigenvalue weighted by molar-refractivity contribution is 5.85. The number of hydrogen-bond acceptors (Lipinski definition) is 3. The normalized spacial score (nSPS) is 10.9. The van der Waals surface area contributed by atoms with Crippen molar-refractivity contribution in [2.75, 3.05) is 26.7 Å². The summed E-state index contributed by atoms with van der Waals surface area (Å²) in [4.78, 5) is 27.6. The van der Waals surface area contributed by atoms with Crippen LogP contribution in [0.25, 0.3) is 0 Å². The van der Waals surface area contributed by atoms with Crippen molar-refractivity contribution in [2.24, 2.45) is 0 Å². The van der Waals surface area contributed by atoms with E-state index in [1.807, 2.05) is 32.7 Å². The van der Waals surface area contributed by atoms with Gasteiger partial charge in [-0.1, -0.05) is 12.1 Å². The lowest BCUT2D eigenvalue weighted by Gasteiger charge is -2.26. The van der Waals surface area contributed by atoms with Gasteiger partial charge in [0.2, 0.25) is 11.8 Å². The Kier molecular flexibility index (Phi) is 7.68. The molecule has 6 heteroatoms. The van der Waals surface area contributed by atoms with Crippen LogP contribution in [0.15, 0.2) is 24.3 Å². The number of nitrogens with one attached hydrogen (secondary N) is 1. The van der Waals surface area contributed by atoms with Crippen molar-refractivity contribution < 1.29 is 14.0 Å². The summed E-state index contributed by atoms with van der Waals surface area (Å²) in [6.45, 7) is 6.99. The van der Waals surface area contributed by atoms with Gasteiger partial charge in [-0.3, -0.25) is 14.5 Å². The van der Waals surface area contributed by atoms with Crippen LogP contribution in [-0.2, 0) is 16.1 Å². The summed E-state index contributed by atoms with van der Waals surface area (Å²) < 4.78 is 12.8. The highest BCUT2D eigenvalue weighted by Crippen LogP contribution is 2.02. The molecule has 0 spiro atoms. The average molecular weight is 323 g/mol. The molecule has 0 aliphatic carbocycles. The first-order valence-electron chi connectivity index (χ1n) is 7.82. The zero-order valence-electron chi connectivity index (χ0n) is 14.3. The summed E-state index contributed by atoms with van der Waals surface area (Å²) in [5.41, 5.74) is 0.814. The third kappa shape index (κ3) is 6.78. The summed E-state index contributed by atoms with van der Waals surface area (Å²) in [7, 11) is 1.88. The Hall–Kier alpha value is -1.95. The number of rotatable bonds is 8. The van der Waals surface area contributed by atoms with Crippen molar-refractivity contribution in [2.45, 2.75) is 33.4 Å². The average Bonchev–Trinajstić information content (AvgIpc) is 2.51.